The van der Waals surface area contributed by atoms with E-state index in [0.29, 0.717) is 5.56 Å². The molecule has 0 aliphatic rings. The van der Waals surface area contributed by atoms with Gasteiger partial charge in [0.25, 0.3) is 0 Å². The number of nitrogens with one attached hydrogen (secondary N) is 1. The zero-order valence-corrected chi connectivity index (χ0v) is 10.3. The van der Waals surface area contributed by atoms with Gasteiger partial charge in [-0.1, -0.05) is 0 Å². The monoisotopic (exact) mass is 255 g/mol. The van der Waals surface area contributed by atoms with Gasteiger partial charge in [-0.05, 0) is 42.8 Å². The van der Waals surface area contributed by atoms with Gasteiger partial charge >= 0.3 is 0 Å². The van der Waals surface area contributed by atoms with Gasteiger partial charge in [0.05, 0.1) is 5.69 Å². The third-order valence-electron chi connectivity index (χ3n) is 3.17. The molecule has 0 unspecified atom stereocenters. The van der Waals surface area contributed by atoms with E-state index in [2.05, 4.69) is 4.98 Å². The maximum absolute atomic E-state index is 9.98. The molecule has 0 radical (unpaired) electrons. The van der Waals surface area contributed by atoms with E-state index < -0.39 is 0 Å². The summed E-state index contributed by atoms with van der Waals surface area (Å²) >= 11 is 0. The van der Waals surface area contributed by atoms with Crippen molar-refractivity contribution in [2.75, 3.05) is 0 Å². The summed E-state index contributed by atoms with van der Waals surface area (Å²) in [5.74, 6) is 0.255. The molecule has 0 saturated carbocycles. The molecule has 4 heteroatoms. The minimum absolute atomic E-state index is 0.0216. The standard InChI is InChI=1S/C15H13NO3/c1-8-4-11(18)7-14(19)15(8)13-6-9-5-10(17)2-3-12(9)16-13/h2-7,16-19H,1H3. The number of H-pyrrole nitrogens is 1. The van der Waals surface area contributed by atoms with Crippen LogP contribution in [0.25, 0.3) is 22.2 Å². The number of aromatic nitrogens is 1. The van der Waals surface area contributed by atoms with Gasteiger partial charge in [0.2, 0.25) is 0 Å². The van der Waals surface area contributed by atoms with Crippen molar-refractivity contribution in [3.05, 3.63) is 42.0 Å². The number of hydrogen-bond acceptors (Lipinski definition) is 3. The number of aromatic amines is 1. The number of aromatic hydroxyl groups is 3. The summed E-state index contributed by atoms with van der Waals surface area (Å²) in [6, 6.07) is 9.80. The number of phenols is 3. The van der Waals surface area contributed by atoms with Crippen molar-refractivity contribution in [3.8, 4) is 28.5 Å². The highest BCUT2D eigenvalue weighted by atomic mass is 16.3. The van der Waals surface area contributed by atoms with Gasteiger partial charge in [0.1, 0.15) is 17.2 Å². The van der Waals surface area contributed by atoms with Crippen LogP contribution in [0.4, 0.5) is 0 Å². The maximum Gasteiger partial charge on any atom is 0.128 e. The molecular weight excluding hydrogens is 242 g/mol. The maximum atomic E-state index is 9.98. The fourth-order valence-electron chi connectivity index (χ4n) is 2.36. The molecule has 1 aromatic heterocycles. The molecule has 0 fully saturated rings. The van der Waals surface area contributed by atoms with Gasteiger partial charge in [-0.3, -0.25) is 0 Å². The van der Waals surface area contributed by atoms with E-state index in [1.54, 1.807) is 24.3 Å². The quantitative estimate of drug-likeness (QED) is 0.539. The zero-order chi connectivity index (χ0) is 13.6. The summed E-state index contributed by atoms with van der Waals surface area (Å²) < 4.78 is 0. The van der Waals surface area contributed by atoms with E-state index in [4.69, 9.17) is 0 Å². The van der Waals surface area contributed by atoms with Crippen LogP contribution in [0, 0.1) is 6.92 Å². The Morgan fingerprint density at radius 1 is 0.895 bits per heavy atom. The first kappa shape index (κ1) is 11.5. The van der Waals surface area contributed by atoms with Gasteiger partial charge in [-0.15, -0.1) is 0 Å². The lowest BCUT2D eigenvalue weighted by molar-refractivity contribution is 0.451. The third-order valence-corrected chi connectivity index (χ3v) is 3.17. The van der Waals surface area contributed by atoms with E-state index in [9.17, 15) is 15.3 Å². The molecule has 3 aromatic rings. The summed E-state index contributed by atoms with van der Waals surface area (Å²) in [6.45, 7) is 1.82. The van der Waals surface area contributed by atoms with E-state index >= 15 is 0 Å². The zero-order valence-electron chi connectivity index (χ0n) is 10.3. The van der Waals surface area contributed by atoms with Crippen molar-refractivity contribution in [1.82, 2.24) is 4.98 Å². The van der Waals surface area contributed by atoms with E-state index in [1.165, 1.54) is 6.07 Å². The van der Waals surface area contributed by atoms with Crippen LogP contribution < -0.4 is 0 Å². The molecule has 19 heavy (non-hydrogen) atoms. The Morgan fingerprint density at radius 3 is 2.42 bits per heavy atom. The Balaban J connectivity index is 2.24. The molecule has 0 amide bonds. The molecule has 0 bridgehead atoms. The molecule has 2 aromatic carbocycles. The van der Waals surface area contributed by atoms with Crippen molar-refractivity contribution in [3.63, 3.8) is 0 Å². The molecule has 0 aliphatic carbocycles. The summed E-state index contributed by atoms with van der Waals surface area (Å²) in [6.07, 6.45) is 0. The van der Waals surface area contributed by atoms with Gasteiger partial charge in [-0.2, -0.15) is 0 Å². The van der Waals surface area contributed by atoms with Crippen LogP contribution in [0.1, 0.15) is 5.56 Å². The first-order valence-electron chi connectivity index (χ1n) is 5.89. The lowest BCUT2D eigenvalue weighted by Crippen LogP contribution is -1.84. The summed E-state index contributed by atoms with van der Waals surface area (Å²) in [5.41, 5.74) is 3.04. The highest BCUT2D eigenvalue weighted by Gasteiger charge is 2.12. The second kappa shape index (κ2) is 3.95. The predicted molar refractivity (Wildman–Crippen MR) is 73.5 cm³/mol. The molecule has 0 atom stereocenters. The fourth-order valence-corrected chi connectivity index (χ4v) is 2.36. The molecule has 0 aliphatic heterocycles. The van der Waals surface area contributed by atoms with E-state index in [1.807, 2.05) is 13.0 Å². The van der Waals surface area contributed by atoms with E-state index in [-0.39, 0.29) is 17.2 Å². The van der Waals surface area contributed by atoms with Crippen molar-refractivity contribution in [2.24, 2.45) is 0 Å². The number of aryl methyl sites for hydroxylation is 1. The minimum atomic E-state index is 0.0216. The first-order chi connectivity index (χ1) is 9.04. The number of phenolic OH excluding ortho intramolecular Hbond substituents is 3. The highest BCUT2D eigenvalue weighted by molar-refractivity contribution is 5.88. The number of hydrogen-bond donors (Lipinski definition) is 4. The fraction of sp³-hybridized carbons (Fsp3) is 0.0667. The summed E-state index contributed by atoms with van der Waals surface area (Å²) in [7, 11) is 0. The van der Waals surface area contributed by atoms with Crippen LogP contribution in [-0.2, 0) is 0 Å². The number of benzene rings is 2. The van der Waals surface area contributed by atoms with Crippen LogP contribution in [0.2, 0.25) is 0 Å². The lowest BCUT2D eigenvalue weighted by Gasteiger charge is -2.07. The molecule has 1 heterocycles. The summed E-state index contributed by atoms with van der Waals surface area (Å²) in [4.78, 5) is 3.19. The molecule has 3 rings (SSSR count). The van der Waals surface area contributed by atoms with Crippen LogP contribution in [-0.4, -0.2) is 20.3 Å². The molecular formula is C15H13NO3. The topological polar surface area (TPSA) is 76.5 Å². The average Bonchev–Trinajstić information content (AvgIpc) is 2.69. The van der Waals surface area contributed by atoms with Crippen LogP contribution in [0.3, 0.4) is 0 Å². The van der Waals surface area contributed by atoms with Gasteiger partial charge in [0, 0.05) is 22.5 Å². The Kier molecular flexibility index (Phi) is 2.38. The minimum Gasteiger partial charge on any atom is -0.508 e. The molecule has 0 spiro atoms. The van der Waals surface area contributed by atoms with Crippen LogP contribution >= 0.6 is 0 Å². The van der Waals surface area contributed by atoms with Crippen molar-refractivity contribution in [2.45, 2.75) is 6.92 Å². The van der Waals surface area contributed by atoms with Gasteiger partial charge in [0.15, 0.2) is 0 Å². The van der Waals surface area contributed by atoms with Gasteiger partial charge in [-0.25, -0.2) is 0 Å². The number of rotatable bonds is 1. The smallest absolute Gasteiger partial charge is 0.128 e. The first-order valence-corrected chi connectivity index (χ1v) is 5.89. The highest BCUT2D eigenvalue weighted by Crippen LogP contribution is 2.36. The molecule has 4 nitrogen and oxygen atoms in total. The Bertz CT molecular complexity index is 751. The van der Waals surface area contributed by atoms with E-state index in [0.717, 1.165) is 22.2 Å². The second-order valence-corrected chi connectivity index (χ2v) is 4.61. The molecule has 0 saturated heterocycles. The van der Waals surface area contributed by atoms with Crippen molar-refractivity contribution in [1.29, 1.82) is 0 Å². The Morgan fingerprint density at radius 2 is 1.68 bits per heavy atom. The van der Waals surface area contributed by atoms with Crippen molar-refractivity contribution >= 4 is 10.9 Å². The largest absolute Gasteiger partial charge is 0.508 e. The predicted octanol–water partition coefficient (Wildman–Crippen LogP) is 3.26. The second-order valence-electron chi connectivity index (χ2n) is 4.61. The Labute approximate surface area is 109 Å². The average molecular weight is 255 g/mol. The Hall–Kier alpha value is -2.62. The number of fused-ring (bicyclic) bond motifs is 1. The summed E-state index contributed by atoms with van der Waals surface area (Å²) in [5, 5.41) is 29.7. The van der Waals surface area contributed by atoms with Gasteiger partial charge < -0.3 is 20.3 Å². The molecule has 96 valence electrons. The lowest BCUT2D eigenvalue weighted by atomic mass is 10.0. The van der Waals surface area contributed by atoms with Crippen LogP contribution in [0.15, 0.2) is 36.4 Å². The normalized spacial score (nSPS) is 11.0. The third kappa shape index (κ3) is 1.87. The molecule has 4 N–H and O–H groups in total. The SMILES string of the molecule is Cc1cc(O)cc(O)c1-c1cc2cc(O)ccc2[nH]1. The van der Waals surface area contributed by atoms with Crippen molar-refractivity contribution < 1.29 is 15.3 Å². The van der Waals surface area contributed by atoms with Crippen LogP contribution in [0.5, 0.6) is 17.2 Å².